The van der Waals surface area contributed by atoms with E-state index in [2.05, 4.69) is 15.0 Å². The first-order chi connectivity index (χ1) is 9.58. The molecule has 0 aromatic carbocycles. The third-order valence-corrected chi connectivity index (χ3v) is 3.04. The highest BCUT2D eigenvalue weighted by Gasteiger charge is 2.16. The fourth-order valence-electron chi connectivity index (χ4n) is 1.23. The quantitative estimate of drug-likeness (QED) is 0.300. The van der Waals surface area contributed by atoms with Gasteiger partial charge in [-0.15, -0.1) is 0 Å². The van der Waals surface area contributed by atoms with Gasteiger partial charge in [0.2, 0.25) is 0 Å². The summed E-state index contributed by atoms with van der Waals surface area (Å²) in [6, 6.07) is 6.11. The second kappa shape index (κ2) is 5.89. The van der Waals surface area contributed by atoms with Gasteiger partial charge in [0.1, 0.15) is 5.69 Å². The molecule has 0 unspecified atom stereocenters. The van der Waals surface area contributed by atoms with Crippen LogP contribution in [0.25, 0.3) is 0 Å². The molecule has 0 spiro atoms. The molecule has 0 aliphatic carbocycles. The summed E-state index contributed by atoms with van der Waals surface area (Å²) in [5.74, 6) is -0.892. The highest BCUT2D eigenvalue weighted by Crippen LogP contribution is 2.23. The number of carbonyl (C=O) groups excluding carboxylic acids is 1. The maximum atomic E-state index is 11.6. The molecule has 0 saturated carbocycles. The average Bonchev–Trinajstić information content (AvgIpc) is 2.95. The highest BCUT2D eigenvalue weighted by atomic mass is 32.1. The van der Waals surface area contributed by atoms with Gasteiger partial charge in [0.05, 0.1) is 10.5 Å². The topological polar surface area (TPSA) is 121 Å². The fraction of sp³-hybridized carbons (Fsp3) is 0. The van der Waals surface area contributed by atoms with Crippen molar-refractivity contribution in [3.63, 3.8) is 0 Å². The van der Waals surface area contributed by atoms with E-state index in [4.69, 9.17) is 5.73 Å². The first-order valence-electron chi connectivity index (χ1n) is 5.27. The molecular formula is C11H8N4O4S. The van der Waals surface area contributed by atoms with E-state index in [-0.39, 0.29) is 16.4 Å². The Labute approximate surface area is 116 Å². The van der Waals surface area contributed by atoms with Crippen molar-refractivity contribution in [1.82, 2.24) is 4.98 Å². The Balaban J connectivity index is 2.06. The molecule has 0 aliphatic rings. The minimum absolute atomic E-state index is 0.0410. The van der Waals surface area contributed by atoms with Crippen molar-refractivity contribution in [3.8, 4) is 0 Å². The maximum Gasteiger partial charge on any atom is 0.366 e. The largest absolute Gasteiger partial charge is 0.379 e. The third kappa shape index (κ3) is 3.14. The van der Waals surface area contributed by atoms with Crippen molar-refractivity contribution < 1.29 is 14.6 Å². The van der Waals surface area contributed by atoms with Crippen LogP contribution in [0, 0.1) is 10.1 Å². The van der Waals surface area contributed by atoms with Crippen LogP contribution in [0.15, 0.2) is 41.0 Å². The molecule has 0 fully saturated rings. The van der Waals surface area contributed by atoms with Crippen LogP contribution in [-0.2, 0) is 4.84 Å². The Kier molecular flexibility index (Phi) is 4.01. The molecule has 2 aromatic heterocycles. The normalized spacial score (nSPS) is 11.1. The van der Waals surface area contributed by atoms with Crippen molar-refractivity contribution >= 4 is 28.1 Å². The maximum absolute atomic E-state index is 11.6. The van der Waals surface area contributed by atoms with Gasteiger partial charge in [-0.1, -0.05) is 22.6 Å². The standard InChI is InChI=1S/C11H8N4O4S/c12-10(8-3-1-2-4-13-8)14-19-11(16)7-5-9(15(17)18)20-6-7/h1-6H,(H2,12,14). The van der Waals surface area contributed by atoms with E-state index in [0.29, 0.717) is 5.69 Å². The summed E-state index contributed by atoms with van der Waals surface area (Å²) in [5, 5.41) is 15.1. The SMILES string of the molecule is N/C(=N\OC(=O)c1csc([N+](=O)[O-])c1)c1ccccn1. The van der Waals surface area contributed by atoms with Crippen LogP contribution in [0.4, 0.5) is 5.00 Å². The number of rotatable bonds is 4. The van der Waals surface area contributed by atoms with E-state index in [0.717, 1.165) is 17.4 Å². The van der Waals surface area contributed by atoms with E-state index >= 15 is 0 Å². The van der Waals surface area contributed by atoms with Crippen LogP contribution in [0.2, 0.25) is 0 Å². The number of oxime groups is 1. The van der Waals surface area contributed by atoms with E-state index in [9.17, 15) is 14.9 Å². The predicted molar refractivity (Wildman–Crippen MR) is 71.4 cm³/mol. The number of pyridine rings is 1. The van der Waals surface area contributed by atoms with Gasteiger partial charge in [-0.2, -0.15) is 0 Å². The van der Waals surface area contributed by atoms with Gasteiger partial charge in [0.15, 0.2) is 5.84 Å². The smallest absolute Gasteiger partial charge is 0.366 e. The Hall–Kier alpha value is -2.81. The molecule has 2 rings (SSSR count). The number of nitrogens with two attached hydrogens (primary N) is 1. The van der Waals surface area contributed by atoms with Crippen molar-refractivity contribution in [1.29, 1.82) is 0 Å². The van der Waals surface area contributed by atoms with E-state index in [1.165, 1.54) is 11.6 Å². The zero-order chi connectivity index (χ0) is 14.5. The predicted octanol–water partition coefficient (Wildman–Crippen LogP) is 1.53. The Morgan fingerprint density at radius 1 is 1.50 bits per heavy atom. The van der Waals surface area contributed by atoms with Crippen LogP contribution in [0.3, 0.4) is 0 Å². The molecule has 2 aromatic rings. The zero-order valence-corrected chi connectivity index (χ0v) is 10.7. The molecule has 0 radical (unpaired) electrons. The first-order valence-corrected chi connectivity index (χ1v) is 6.15. The number of nitrogens with zero attached hydrogens (tertiary/aromatic N) is 3. The monoisotopic (exact) mass is 292 g/mol. The van der Waals surface area contributed by atoms with Gasteiger partial charge in [-0.3, -0.25) is 15.1 Å². The van der Waals surface area contributed by atoms with Gasteiger partial charge in [0, 0.05) is 17.6 Å². The van der Waals surface area contributed by atoms with Gasteiger partial charge in [0.25, 0.3) is 0 Å². The van der Waals surface area contributed by atoms with E-state index < -0.39 is 10.9 Å². The summed E-state index contributed by atoms with van der Waals surface area (Å²) >= 11 is 0.825. The van der Waals surface area contributed by atoms with Gasteiger partial charge < -0.3 is 10.6 Å². The molecule has 2 N–H and O–H groups in total. The van der Waals surface area contributed by atoms with Crippen LogP contribution < -0.4 is 5.73 Å². The highest BCUT2D eigenvalue weighted by molar-refractivity contribution is 7.13. The molecule has 20 heavy (non-hydrogen) atoms. The lowest BCUT2D eigenvalue weighted by Crippen LogP contribution is -2.16. The molecule has 2 heterocycles. The molecular weight excluding hydrogens is 284 g/mol. The third-order valence-electron chi connectivity index (χ3n) is 2.16. The first kappa shape index (κ1) is 13.6. The summed E-state index contributed by atoms with van der Waals surface area (Å²) in [6.45, 7) is 0. The number of thiophene rings is 1. The molecule has 0 bridgehead atoms. The minimum Gasteiger partial charge on any atom is -0.379 e. The molecule has 8 nitrogen and oxygen atoms in total. The number of carbonyl (C=O) groups is 1. The number of nitro groups is 1. The van der Waals surface area contributed by atoms with Crippen LogP contribution >= 0.6 is 11.3 Å². The molecule has 0 aliphatic heterocycles. The summed E-state index contributed by atoms with van der Waals surface area (Å²) < 4.78 is 0. The second-order valence-corrected chi connectivity index (χ2v) is 4.39. The summed E-state index contributed by atoms with van der Waals surface area (Å²) in [4.78, 5) is 30.0. The lowest BCUT2D eigenvalue weighted by atomic mass is 10.3. The van der Waals surface area contributed by atoms with Crippen molar-refractivity contribution in [3.05, 3.63) is 57.2 Å². The number of hydrogen-bond acceptors (Lipinski definition) is 7. The lowest BCUT2D eigenvalue weighted by Gasteiger charge is -1.98. The fourth-order valence-corrected chi connectivity index (χ4v) is 1.93. The Morgan fingerprint density at radius 2 is 2.30 bits per heavy atom. The van der Waals surface area contributed by atoms with Crippen LogP contribution in [-0.4, -0.2) is 21.7 Å². The number of hydrogen-bond donors (Lipinski definition) is 1. The van der Waals surface area contributed by atoms with Crippen molar-refractivity contribution in [2.75, 3.05) is 0 Å². The van der Waals surface area contributed by atoms with Gasteiger partial charge in [-0.05, 0) is 12.1 Å². The molecule has 0 atom stereocenters. The van der Waals surface area contributed by atoms with Gasteiger partial charge in [-0.25, -0.2) is 4.79 Å². The van der Waals surface area contributed by atoms with Crippen molar-refractivity contribution in [2.24, 2.45) is 10.9 Å². The average molecular weight is 292 g/mol. The number of amidine groups is 1. The molecule has 0 amide bonds. The minimum atomic E-state index is -0.826. The van der Waals surface area contributed by atoms with Crippen LogP contribution in [0.5, 0.6) is 0 Å². The van der Waals surface area contributed by atoms with E-state index in [1.807, 2.05) is 0 Å². The second-order valence-electron chi connectivity index (χ2n) is 3.50. The Morgan fingerprint density at radius 3 is 2.90 bits per heavy atom. The number of aromatic nitrogens is 1. The van der Waals surface area contributed by atoms with Gasteiger partial charge >= 0.3 is 11.0 Å². The molecule has 9 heteroatoms. The van der Waals surface area contributed by atoms with E-state index in [1.54, 1.807) is 18.2 Å². The zero-order valence-electron chi connectivity index (χ0n) is 9.92. The van der Waals surface area contributed by atoms with Crippen molar-refractivity contribution in [2.45, 2.75) is 0 Å². The molecule has 102 valence electrons. The van der Waals surface area contributed by atoms with Crippen LogP contribution in [0.1, 0.15) is 16.1 Å². The summed E-state index contributed by atoms with van der Waals surface area (Å²) in [5.41, 5.74) is 5.98. The summed E-state index contributed by atoms with van der Waals surface area (Å²) in [6.07, 6.45) is 1.52. The molecule has 0 saturated heterocycles. The Bertz CT molecular complexity index is 668. The summed E-state index contributed by atoms with van der Waals surface area (Å²) in [7, 11) is 0. The lowest BCUT2D eigenvalue weighted by molar-refractivity contribution is -0.380.